The summed E-state index contributed by atoms with van der Waals surface area (Å²) in [6.07, 6.45) is 0. The highest BCUT2D eigenvalue weighted by atomic mass is 16.1. The van der Waals surface area contributed by atoms with Crippen LogP contribution in [0.4, 0.5) is 17.1 Å². The number of fused-ring (bicyclic) bond motifs is 2. The SMILES string of the molecule is CC(=O)c1ccc2c(c1)C(C)(C)c1ccccc1N2c1ccccc1. The molecule has 0 N–H and O–H groups in total. The summed E-state index contributed by atoms with van der Waals surface area (Å²) >= 11 is 0. The topological polar surface area (TPSA) is 20.3 Å². The van der Waals surface area contributed by atoms with Gasteiger partial charge in [-0.25, -0.2) is 0 Å². The number of benzene rings is 3. The molecule has 0 aliphatic carbocycles. The van der Waals surface area contributed by atoms with Crippen LogP contribution in [0.3, 0.4) is 0 Å². The third kappa shape index (κ3) is 2.37. The number of hydrogen-bond donors (Lipinski definition) is 0. The highest BCUT2D eigenvalue weighted by Gasteiger charge is 2.36. The Labute approximate surface area is 148 Å². The summed E-state index contributed by atoms with van der Waals surface area (Å²) < 4.78 is 0. The maximum atomic E-state index is 11.9. The van der Waals surface area contributed by atoms with Crippen LogP contribution in [0.15, 0.2) is 72.8 Å². The van der Waals surface area contributed by atoms with Crippen molar-refractivity contribution in [1.29, 1.82) is 0 Å². The van der Waals surface area contributed by atoms with Crippen molar-refractivity contribution < 1.29 is 4.79 Å². The first-order valence-electron chi connectivity index (χ1n) is 8.60. The van der Waals surface area contributed by atoms with Crippen LogP contribution in [0.2, 0.25) is 0 Å². The van der Waals surface area contributed by atoms with E-state index in [0.717, 1.165) is 16.9 Å². The Hall–Kier alpha value is -2.87. The second-order valence-electron chi connectivity index (χ2n) is 7.10. The van der Waals surface area contributed by atoms with Crippen molar-refractivity contribution in [3.8, 4) is 0 Å². The maximum absolute atomic E-state index is 11.9. The van der Waals surface area contributed by atoms with Gasteiger partial charge in [0.05, 0.1) is 11.4 Å². The molecule has 1 heterocycles. The molecule has 124 valence electrons. The standard InChI is InChI=1S/C23H21NO/c1-16(25)17-13-14-22-20(15-17)23(2,3)19-11-7-8-12-21(19)24(22)18-9-5-4-6-10-18/h4-15H,1-3H3. The predicted octanol–water partition coefficient (Wildman–Crippen LogP) is 6.00. The number of carbonyl (C=O) groups is 1. The molecular weight excluding hydrogens is 306 g/mol. The van der Waals surface area contributed by atoms with Gasteiger partial charge in [0, 0.05) is 16.7 Å². The highest BCUT2D eigenvalue weighted by molar-refractivity contribution is 5.96. The second kappa shape index (κ2) is 5.59. The van der Waals surface area contributed by atoms with E-state index in [4.69, 9.17) is 0 Å². The smallest absolute Gasteiger partial charge is 0.159 e. The van der Waals surface area contributed by atoms with E-state index in [0.29, 0.717) is 0 Å². The van der Waals surface area contributed by atoms with Crippen molar-refractivity contribution in [2.75, 3.05) is 4.90 Å². The van der Waals surface area contributed by atoms with E-state index in [1.54, 1.807) is 6.92 Å². The molecule has 0 unspecified atom stereocenters. The summed E-state index contributed by atoms with van der Waals surface area (Å²) in [4.78, 5) is 14.2. The molecule has 1 aliphatic rings. The lowest BCUT2D eigenvalue weighted by atomic mass is 9.73. The van der Waals surface area contributed by atoms with Crippen LogP contribution >= 0.6 is 0 Å². The van der Waals surface area contributed by atoms with Gasteiger partial charge in [-0.2, -0.15) is 0 Å². The Kier molecular flexibility index (Phi) is 3.50. The van der Waals surface area contributed by atoms with Crippen LogP contribution in [-0.2, 0) is 5.41 Å². The van der Waals surface area contributed by atoms with E-state index in [9.17, 15) is 4.79 Å². The zero-order valence-electron chi connectivity index (χ0n) is 14.8. The van der Waals surface area contributed by atoms with Gasteiger partial charge in [0.25, 0.3) is 0 Å². The van der Waals surface area contributed by atoms with E-state index < -0.39 is 0 Å². The van der Waals surface area contributed by atoms with Gasteiger partial charge in [0.2, 0.25) is 0 Å². The molecule has 3 aromatic carbocycles. The monoisotopic (exact) mass is 327 g/mol. The van der Waals surface area contributed by atoms with E-state index in [1.165, 1.54) is 16.8 Å². The molecule has 0 spiro atoms. The van der Waals surface area contributed by atoms with Crippen LogP contribution < -0.4 is 4.90 Å². The van der Waals surface area contributed by atoms with Crippen LogP contribution in [0, 0.1) is 0 Å². The Balaban J connectivity index is 2.04. The molecule has 0 fully saturated rings. The van der Waals surface area contributed by atoms with Crippen molar-refractivity contribution in [3.05, 3.63) is 89.5 Å². The van der Waals surface area contributed by atoms with Gasteiger partial charge in [-0.3, -0.25) is 4.79 Å². The number of ketones is 1. The molecule has 0 saturated carbocycles. The second-order valence-corrected chi connectivity index (χ2v) is 7.10. The van der Waals surface area contributed by atoms with E-state index >= 15 is 0 Å². The molecule has 1 aliphatic heterocycles. The molecule has 0 bridgehead atoms. The number of hydrogen-bond acceptors (Lipinski definition) is 2. The third-order valence-corrected chi connectivity index (χ3v) is 5.15. The molecule has 0 radical (unpaired) electrons. The summed E-state index contributed by atoms with van der Waals surface area (Å²) in [6, 6.07) is 25.0. The minimum Gasteiger partial charge on any atom is -0.310 e. The van der Waals surface area contributed by atoms with Crippen LogP contribution in [0.5, 0.6) is 0 Å². The van der Waals surface area contributed by atoms with Gasteiger partial charge in [0.1, 0.15) is 0 Å². The van der Waals surface area contributed by atoms with E-state index in [-0.39, 0.29) is 11.2 Å². The lowest BCUT2D eigenvalue weighted by Crippen LogP contribution is -2.30. The third-order valence-electron chi connectivity index (χ3n) is 5.15. The Bertz CT molecular complexity index is 957. The van der Waals surface area contributed by atoms with Crippen molar-refractivity contribution in [2.45, 2.75) is 26.2 Å². The van der Waals surface area contributed by atoms with Gasteiger partial charge in [-0.1, -0.05) is 50.2 Å². The molecule has 0 saturated heterocycles. The summed E-state index contributed by atoms with van der Waals surface area (Å²) in [5.74, 6) is 0.101. The highest BCUT2D eigenvalue weighted by Crippen LogP contribution is 2.51. The van der Waals surface area contributed by atoms with E-state index in [1.807, 2.05) is 12.1 Å². The molecule has 3 aromatic rings. The molecule has 2 nitrogen and oxygen atoms in total. The quantitative estimate of drug-likeness (QED) is 0.538. The van der Waals surface area contributed by atoms with Crippen molar-refractivity contribution >= 4 is 22.8 Å². The lowest BCUT2D eigenvalue weighted by molar-refractivity contribution is 0.101. The van der Waals surface area contributed by atoms with Gasteiger partial charge < -0.3 is 4.90 Å². The molecule has 0 atom stereocenters. The number of anilines is 3. The first-order chi connectivity index (χ1) is 12.0. The molecule has 0 amide bonds. The lowest BCUT2D eigenvalue weighted by Gasteiger charge is -2.42. The average molecular weight is 327 g/mol. The van der Waals surface area contributed by atoms with Gasteiger partial charge >= 0.3 is 0 Å². The maximum Gasteiger partial charge on any atom is 0.159 e. The van der Waals surface area contributed by atoms with Crippen molar-refractivity contribution in [1.82, 2.24) is 0 Å². The number of carbonyl (C=O) groups excluding carboxylic acids is 1. The molecular formula is C23H21NO. The number of nitrogens with zero attached hydrogens (tertiary/aromatic N) is 1. The minimum absolute atomic E-state index is 0.101. The number of rotatable bonds is 2. The van der Waals surface area contributed by atoms with Crippen molar-refractivity contribution in [2.24, 2.45) is 0 Å². The number of Topliss-reactive ketones (excluding diaryl/α,β-unsaturated/α-hetero) is 1. The first kappa shape index (κ1) is 15.6. The zero-order chi connectivity index (χ0) is 17.6. The normalized spacial score (nSPS) is 14.6. The first-order valence-corrected chi connectivity index (χ1v) is 8.60. The molecule has 4 rings (SSSR count). The largest absolute Gasteiger partial charge is 0.310 e. The molecule has 2 heteroatoms. The van der Waals surface area contributed by atoms with Crippen LogP contribution in [0.25, 0.3) is 0 Å². The average Bonchev–Trinajstić information content (AvgIpc) is 2.62. The predicted molar refractivity (Wildman–Crippen MR) is 103 cm³/mol. The fourth-order valence-electron chi connectivity index (χ4n) is 3.78. The summed E-state index contributed by atoms with van der Waals surface area (Å²) in [5.41, 5.74) is 6.51. The fraction of sp³-hybridized carbons (Fsp3) is 0.174. The zero-order valence-corrected chi connectivity index (χ0v) is 14.8. The van der Waals surface area contributed by atoms with E-state index in [2.05, 4.69) is 79.4 Å². The van der Waals surface area contributed by atoms with Crippen molar-refractivity contribution in [3.63, 3.8) is 0 Å². The Morgan fingerprint density at radius 3 is 2.16 bits per heavy atom. The minimum atomic E-state index is -0.164. The van der Waals surface area contributed by atoms with Gasteiger partial charge in [-0.05, 0) is 54.4 Å². The van der Waals surface area contributed by atoms with Crippen LogP contribution in [-0.4, -0.2) is 5.78 Å². The van der Waals surface area contributed by atoms with Gasteiger partial charge in [-0.15, -0.1) is 0 Å². The summed E-state index contributed by atoms with van der Waals surface area (Å²) in [6.45, 7) is 6.09. The number of para-hydroxylation sites is 2. The van der Waals surface area contributed by atoms with Crippen LogP contribution in [0.1, 0.15) is 42.3 Å². The Morgan fingerprint density at radius 1 is 0.800 bits per heavy atom. The molecule has 0 aromatic heterocycles. The molecule has 25 heavy (non-hydrogen) atoms. The summed E-state index contributed by atoms with van der Waals surface area (Å²) in [5, 5.41) is 0. The Morgan fingerprint density at radius 2 is 1.44 bits per heavy atom. The summed E-state index contributed by atoms with van der Waals surface area (Å²) in [7, 11) is 0. The fourth-order valence-corrected chi connectivity index (χ4v) is 3.78. The van der Waals surface area contributed by atoms with Gasteiger partial charge in [0.15, 0.2) is 5.78 Å².